The Labute approximate surface area is 180 Å². The van der Waals surface area contributed by atoms with Crippen molar-refractivity contribution < 1.29 is 19.1 Å². The summed E-state index contributed by atoms with van der Waals surface area (Å²) in [5.41, 5.74) is 0.820. The van der Waals surface area contributed by atoms with Crippen LogP contribution < -0.4 is 14.8 Å². The average Bonchev–Trinajstić information content (AvgIpc) is 2.79. The van der Waals surface area contributed by atoms with Crippen LogP contribution in [0.3, 0.4) is 0 Å². The molecule has 2 aliphatic heterocycles. The van der Waals surface area contributed by atoms with Crippen LogP contribution in [0.25, 0.3) is 0 Å². The third-order valence-corrected chi connectivity index (χ3v) is 5.64. The fourth-order valence-electron chi connectivity index (χ4n) is 3.55. The minimum Gasteiger partial charge on any atom is -0.486 e. The number of para-hydroxylation sites is 2. The molecule has 0 radical (unpaired) electrons. The van der Waals surface area contributed by atoms with Crippen molar-refractivity contribution in [3.8, 4) is 11.5 Å². The van der Waals surface area contributed by atoms with E-state index in [4.69, 9.17) is 21.1 Å². The van der Waals surface area contributed by atoms with Gasteiger partial charge in [-0.15, -0.1) is 0 Å². The number of hydrogen-bond acceptors (Lipinski definition) is 4. The van der Waals surface area contributed by atoms with Gasteiger partial charge in [0.2, 0.25) is 5.91 Å². The van der Waals surface area contributed by atoms with Crippen LogP contribution in [0, 0.1) is 0 Å². The number of halogens is 1. The molecule has 4 rings (SSSR count). The molecule has 30 heavy (non-hydrogen) atoms. The molecule has 0 spiro atoms. The molecule has 1 N–H and O–H groups in total. The van der Waals surface area contributed by atoms with Crippen molar-refractivity contribution in [2.24, 2.45) is 0 Å². The minimum absolute atomic E-state index is 0.0228. The highest BCUT2D eigenvalue weighted by Crippen LogP contribution is 2.30. The van der Waals surface area contributed by atoms with E-state index in [1.54, 1.807) is 15.9 Å². The summed E-state index contributed by atoms with van der Waals surface area (Å²) in [5.74, 6) is 1.43. The summed E-state index contributed by atoms with van der Waals surface area (Å²) in [6, 6.07) is 14.7. The zero-order valence-electron chi connectivity index (χ0n) is 16.6. The molecule has 1 fully saturated rings. The maximum absolute atomic E-state index is 12.5. The van der Waals surface area contributed by atoms with Gasteiger partial charge in [0.05, 0.1) is 13.0 Å². The summed E-state index contributed by atoms with van der Waals surface area (Å²) in [4.78, 5) is 28.5. The topological polar surface area (TPSA) is 71.1 Å². The van der Waals surface area contributed by atoms with Crippen LogP contribution in [0.1, 0.15) is 5.56 Å². The van der Waals surface area contributed by atoms with E-state index in [1.165, 1.54) is 0 Å². The Morgan fingerprint density at radius 1 is 0.967 bits per heavy atom. The van der Waals surface area contributed by atoms with E-state index < -0.39 is 0 Å². The van der Waals surface area contributed by atoms with Crippen LogP contribution in [0.5, 0.6) is 11.5 Å². The van der Waals surface area contributed by atoms with Gasteiger partial charge >= 0.3 is 6.03 Å². The van der Waals surface area contributed by atoms with E-state index in [9.17, 15) is 9.59 Å². The lowest BCUT2D eigenvalue weighted by atomic mass is 10.1. The number of fused-ring (bicyclic) bond motifs is 1. The lowest BCUT2D eigenvalue weighted by molar-refractivity contribution is -0.131. The highest BCUT2D eigenvalue weighted by atomic mass is 35.5. The van der Waals surface area contributed by atoms with Crippen molar-refractivity contribution in [1.29, 1.82) is 0 Å². The van der Waals surface area contributed by atoms with Gasteiger partial charge in [0.15, 0.2) is 17.6 Å². The summed E-state index contributed by atoms with van der Waals surface area (Å²) in [7, 11) is 0. The van der Waals surface area contributed by atoms with Crippen LogP contribution in [-0.2, 0) is 11.2 Å². The minimum atomic E-state index is -0.234. The molecule has 0 bridgehead atoms. The quantitative estimate of drug-likeness (QED) is 0.810. The molecule has 2 aliphatic rings. The van der Waals surface area contributed by atoms with Gasteiger partial charge < -0.3 is 24.6 Å². The molecular weight excluding hydrogens is 406 g/mol. The number of rotatable bonds is 4. The Morgan fingerprint density at radius 3 is 2.40 bits per heavy atom. The average molecular weight is 430 g/mol. The number of piperazine rings is 1. The van der Waals surface area contributed by atoms with Crippen molar-refractivity contribution in [3.63, 3.8) is 0 Å². The number of amides is 3. The first-order valence-electron chi connectivity index (χ1n) is 10.0. The molecule has 3 amide bonds. The number of nitrogens with zero attached hydrogens (tertiary/aromatic N) is 2. The molecule has 1 unspecified atom stereocenters. The zero-order chi connectivity index (χ0) is 20.9. The van der Waals surface area contributed by atoms with Gasteiger partial charge in [-0.05, 0) is 23.8 Å². The lowest BCUT2D eigenvalue weighted by Gasteiger charge is -2.35. The molecule has 0 aliphatic carbocycles. The molecule has 1 atom stereocenters. The molecule has 0 saturated carbocycles. The molecular formula is C22H24ClN3O4. The predicted octanol–water partition coefficient (Wildman–Crippen LogP) is 2.58. The Kier molecular flexibility index (Phi) is 6.28. The highest BCUT2D eigenvalue weighted by molar-refractivity contribution is 6.31. The second-order valence-electron chi connectivity index (χ2n) is 7.32. The predicted molar refractivity (Wildman–Crippen MR) is 113 cm³/mol. The van der Waals surface area contributed by atoms with Gasteiger partial charge in [-0.25, -0.2) is 4.79 Å². The van der Waals surface area contributed by atoms with Crippen LogP contribution in [0.4, 0.5) is 4.79 Å². The van der Waals surface area contributed by atoms with Crippen LogP contribution in [0.15, 0.2) is 48.5 Å². The van der Waals surface area contributed by atoms with E-state index in [0.29, 0.717) is 50.1 Å². The molecule has 158 valence electrons. The molecule has 2 heterocycles. The number of hydrogen-bond donors (Lipinski definition) is 1. The number of urea groups is 1. The molecule has 8 heteroatoms. The number of ether oxygens (including phenoxy) is 2. The number of carbonyl (C=O) groups excluding carboxylic acids is 2. The Bertz CT molecular complexity index is 915. The highest BCUT2D eigenvalue weighted by Gasteiger charge is 2.26. The second-order valence-corrected chi connectivity index (χ2v) is 7.73. The Morgan fingerprint density at radius 2 is 1.63 bits per heavy atom. The van der Waals surface area contributed by atoms with Gasteiger partial charge in [0.1, 0.15) is 6.61 Å². The van der Waals surface area contributed by atoms with Gasteiger partial charge in [-0.3, -0.25) is 4.79 Å². The number of nitrogens with one attached hydrogen (secondary N) is 1. The largest absolute Gasteiger partial charge is 0.486 e. The van der Waals surface area contributed by atoms with Gasteiger partial charge in [-0.1, -0.05) is 41.9 Å². The SMILES string of the molecule is O=C(Cc1ccccc1Cl)N1CCN(C(=O)NCC2COc3ccccc3O2)CC1. The Hall–Kier alpha value is -2.93. The second kappa shape index (κ2) is 9.26. The molecule has 2 aromatic rings. The first-order valence-corrected chi connectivity index (χ1v) is 10.4. The Balaban J connectivity index is 1.21. The third kappa shape index (κ3) is 4.79. The van der Waals surface area contributed by atoms with Crippen LogP contribution >= 0.6 is 11.6 Å². The normalized spacial score (nSPS) is 18.1. The zero-order valence-corrected chi connectivity index (χ0v) is 17.3. The summed E-state index contributed by atoms with van der Waals surface area (Å²) < 4.78 is 11.5. The number of carbonyl (C=O) groups is 2. The van der Waals surface area contributed by atoms with E-state index in [-0.39, 0.29) is 24.5 Å². The van der Waals surface area contributed by atoms with E-state index in [2.05, 4.69) is 5.32 Å². The van der Waals surface area contributed by atoms with Gasteiger partial charge in [0, 0.05) is 31.2 Å². The first-order chi connectivity index (χ1) is 14.6. The summed E-state index contributed by atoms with van der Waals surface area (Å²) in [5, 5.41) is 3.50. The van der Waals surface area contributed by atoms with Crippen molar-refractivity contribution in [3.05, 3.63) is 59.1 Å². The standard InChI is InChI=1S/C22H24ClN3O4/c23-18-6-2-1-5-16(18)13-21(27)25-9-11-26(12-10-25)22(28)24-14-17-15-29-19-7-3-4-8-20(19)30-17/h1-8,17H,9-15H2,(H,24,28). The first kappa shape index (κ1) is 20.3. The summed E-state index contributed by atoms with van der Waals surface area (Å²) in [6.45, 7) is 2.75. The van der Waals surface area contributed by atoms with Crippen molar-refractivity contribution in [2.75, 3.05) is 39.3 Å². The lowest BCUT2D eigenvalue weighted by Crippen LogP contribution is -2.54. The van der Waals surface area contributed by atoms with Crippen molar-refractivity contribution in [2.45, 2.75) is 12.5 Å². The molecule has 7 nitrogen and oxygen atoms in total. The van der Waals surface area contributed by atoms with E-state index in [0.717, 1.165) is 11.3 Å². The summed E-state index contributed by atoms with van der Waals surface area (Å²) in [6.07, 6.45) is 0.0363. The van der Waals surface area contributed by atoms with Gasteiger partial charge in [0.25, 0.3) is 0 Å². The van der Waals surface area contributed by atoms with Gasteiger partial charge in [-0.2, -0.15) is 0 Å². The smallest absolute Gasteiger partial charge is 0.317 e. The summed E-state index contributed by atoms with van der Waals surface area (Å²) >= 11 is 6.15. The number of benzene rings is 2. The molecule has 2 aromatic carbocycles. The monoisotopic (exact) mass is 429 g/mol. The van der Waals surface area contributed by atoms with Crippen molar-refractivity contribution >= 4 is 23.5 Å². The van der Waals surface area contributed by atoms with Crippen LogP contribution in [0.2, 0.25) is 5.02 Å². The fraction of sp³-hybridized carbons (Fsp3) is 0.364. The fourth-order valence-corrected chi connectivity index (χ4v) is 3.75. The van der Waals surface area contributed by atoms with Crippen molar-refractivity contribution in [1.82, 2.24) is 15.1 Å². The van der Waals surface area contributed by atoms with E-state index >= 15 is 0 Å². The van der Waals surface area contributed by atoms with E-state index in [1.807, 2.05) is 42.5 Å². The maximum Gasteiger partial charge on any atom is 0.317 e. The third-order valence-electron chi connectivity index (χ3n) is 5.27. The molecule has 1 saturated heterocycles. The van der Waals surface area contributed by atoms with Crippen LogP contribution in [-0.4, -0.2) is 67.2 Å². The molecule has 0 aromatic heterocycles. The maximum atomic E-state index is 12.5.